The van der Waals surface area contributed by atoms with Crippen molar-refractivity contribution >= 4 is 5.91 Å². The topological polar surface area (TPSA) is 58.6 Å². The zero-order valence-corrected chi connectivity index (χ0v) is 9.51. The Balaban J connectivity index is 2.42. The number of rotatable bonds is 5. The molecular weight excluding hydrogens is 206 g/mol. The van der Waals surface area contributed by atoms with Crippen molar-refractivity contribution in [2.75, 3.05) is 13.7 Å². The molecule has 4 heteroatoms. The van der Waals surface area contributed by atoms with Crippen molar-refractivity contribution in [1.82, 2.24) is 5.32 Å². The van der Waals surface area contributed by atoms with Crippen LogP contribution in [0.15, 0.2) is 30.3 Å². The van der Waals surface area contributed by atoms with E-state index in [1.165, 1.54) is 7.11 Å². The van der Waals surface area contributed by atoms with Crippen LogP contribution in [0.5, 0.6) is 0 Å². The molecule has 88 valence electrons. The summed E-state index contributed by atoms with van der Waals surface area (Å²) in [5.41, 5.74) is 0.785. The van der Waals surface area contributed by atoms with Crippen LogP contribution in [0.4, 0.5) is 0 Å². The second kappa shape index (κ2) is 6.25. The van der Waals surface area contributed by atoms with Crippen LogP contribution in [0.1, 0.15) is 18.6 Å². The molecule has 0 aromatic heterocycles. The fourth-order valence-electron chi connectivity index (χ4n) is 1.24. The Hall–Kier alpha value is -1.39. The van der Waals surface area contributed by atoms with Gasteiger partial charge in [-0.2, -0.15) is 0 Å². The molecular formula is C12H17NO3. The van der Waals surface area contributed by atoms with Gasteiger partial charge in [0.1, 0.15) is 6.10 Å². The molecule has 2 N–H and O–H groups in total. The van der Waals surface area contributed by atoms with Crippen LogP contribution in [0, 0.1) is 0 Å². The zero-order chi connectivity index (χ0) is 12.0. The molecule has 0 heterocycles. The van der Waals surface area contributed by atoms with E-state index in [9.17, 15) is 9.90 Å². The van der Waals surface area contributed by atoms with Crippen LogP contribution in [-0.4, -0.2) is 30.8 Å². The maximum absolute atomic E-state index is 11.4. The fraction of sp³-hybridized carbons (Fsp3) is 0.417. The van der Waals surface area contributed by atoms with Gasteiger partial charge >= 0.3 is 0 Å². The first kappa shape index (κ1) is 12.7. The number of nitrogens with one attached hydrogen (secondary N) is 1. The Morgan fingerprint density at radius 1 is 1.44 bits per heavy atom. The Kier molecular flexibility index (Phi) is 4.95. The molecule has 4 nitrogen and oxygen atoms in total. The molecule has 0 aliphatic rings. The number of hydrogen-bond acceptors (Lipinski definition) is 3. The van der Waals surface area contributed by atoms with E-state index in [-0.39, 0.29) is 12.5 Å². The van der Waals surface area contributed by atoms with Gasteiger partial charge in [-0.15, -0.1) is 0 Å². The Labute approximate surface area is 95.2 Å². The van der Waals surface area contributed by atoms with Crippen molar-refractivity contribution in [1.29, 1.82) is 0 Å². The summed E-state index contributed by atoms with van der Waals surface area (Å²) in [6.45, 7) is 1.85. The summed E-state index contributed by atoms with van der Waals surface area (Å²) < 4.78 is 4.86. The van der Waals surface area contributed by atoms with Gasteiger partial charge in [-0.05, 0) is 12.5 Å². The summed E-state index contributed by atoms with van der Waals surface area (Å²) in [6.07, 6.45) is -1.18. The minimum absolute atomic E-state index is 0.191. The van der Waals surface area contributed by atoms with Crippen LogP contribution in [0.3, 0.4) is 0 Å². The van der Waals surface area contributed by atoms with Gasteiger partial charge in [-0.3, -0.25) is 4.79 Å². The van der Waals surface area contributed by atoms with E-state index in [1.807, 2.05) is 30.3 Å². The number of carbonyl (C=O) groups is 1. The summed E-state index contributed by atoms with van der Waals surface area (Å²) in [7, 11) is 1.47. The Morgan fingerprint density at radius 2 is 2.06 bits per heavy atom. The van der Waals surface area contributed by atoms with E-state index in [0.717, 1.165) is 5.56 Å². The molecule has 16 heavy (non-hydrogen) atoms. The summed E-state index contributed by atoms with van der Waals surface area (Å²) in [5, 5.41) is 12.4. The quantitative estimate of drug-likeness (QED) is 0.778. The van der Waals surface area contributed by atoms with E-state index < -0.39 is 12.2 Å². The molecule has 1 aromatic carbocycles. The lowest BCUT2D eigenvalue weighted by atomic mass is 10.1. The van der Waals surface area contributed by atoms with Gasteiger partial charge < -0.3 is 15.2 Å². The van der Waals surface area contributed by atoms with E-state index in [0.29, 0.717) is 0 Å². The third-order valence-electron chi connectivity index (χ3n) is 2.38. The Morgan fingerprint density at radius 3 is 2.62 bits per heavy atom. The van der Waals surface area contributed by atoms with Crippen LogP contribution in [-0.2, 0) is 9.53 Å². The smallest absolute Gasteiger partial charge is 0.248 e. The zero-order valence-electron chi connectivity index (χ0n) is 9.51. The van der Waals surface area contributed by atoms with Gasteiger partial charge in [-0.1, -0.05) is 30.3 Å². The minimum atomic E-state index is -0.686. The van der Waals surface area contributed by atoms with Crippen molar-refractivity contribution in [2.24, 2.45) is 0 Å². The second-order valence-corrected chi connectivity index (χ2v) is 3.55. The summed E-state index contributed by atoms with van der Waals surface area (Å²) in [4.78, 5) is 11.4. The van der Waals surface area contributed by atoms with Crippen LogP contribution >= 0.6 is 0 Å². The highest BCUT2D eigenvalue weighted by molar-refractivity contribution is 5.80. The molecule has 0 saturated heterocycles. The lowest BCUT2D eigenvalue weighted by molar-refractivity contribution is -0.130. The fourth-order valence-corrected chi connectivity index (χ4v) is 1.24. The maximum Gasteiger partial charge on any atom is 0.248 e. The van der Waals surface area contributed by atoms with Crippen LogP contribution in [0.2, 0.25) is 0 Å². The summed E-state index contributed by atoms with van der Waals surface area (Å²) >= 11 is 0. The van der Waals surface area contributed by atoms with Gasteiger partial charge in [0, 0.05) is 13.7 Å². The number of benzene rings is 1. The molecule has 0 bridgehead atoms. The molecule has 1 rings (SSSR count). The third-order valence-corrected chi connectivity index (χ3v) is 2.38. The van der Waals surface area contributed by atoms with Crippen LogP contribution in [0.25, 0.3) is 0 Å². The predicted molar refractivity (Wildman–Crippen MR) is 60.9 cm³/mol. The molecule has 2 unspecified atom stereocenters. The van der Waals surface area contributed by atoms with Gasteiger partial charge in [0.05, 0.1) is 6.10 Å². The van der Waals surface area contributed by atoms with Crippen LogP contribution < -0.4 is 5.32 Å². The molecule has 0 fully saturated rings. The second-order valence-electron chi connectivity index (χ2n) is 3.55. The van der Waals surface area contributed by atoms with E-state index >= 15 is 0 Å². The predicted octanol–water partition coefficient (Wildman–Crippen LogP) is 0.871. The number of ether oxygens (including phenoxy) is 1. The molecule has 0 aliphatic carbocycles. The number of amides is 1. The Bertz CT molecular complexity index is 326. The van der Waals surface area contributed by atoms with Gasteiger partial charge in [0.15, 0.2) is 0 Å². The molecule has 0 radical (unpaired) electrons. The van der Waals surface area contributed by atoms with Crippen molar-refractivity contribution in [3.8, 4) is 0 Å². The van der Waals surface area contributed by atoms with Crippen molar-refractivity contribution in [3.05, 3.63) is 35.9 Å². The van der Waals surface area contributed by atoms with Crippen molar-refractivity contribution in [2.45, 2.75) is 19.1 Å². The highest BCUT2D eigenvalue weighted by atomic mass is 16.5. The first-order chi connectivity index (χ1) is 7.65. The average molecular weight is 223 g/mol. The standard InChI is InChI=1S/C12H17NO3/c1-9(16-2)12(15)13-8-11(14)10-6-4-3-5-7-10/h3-7,9,11,14H,8H2,1-2H3,(H,13,15). The number of aliphatic hydroxyl groups excluding tert-OH is 1. The van der Waals surface area contributed by atoms with Gasteiger partial charge in [0.2, 0.25) is 5.91 Å². The van der Waals surface area contributed by atoms with E-state index in [1.54, 1.807) is 6.92 Å². The molecule has 0 saturated carbocycles. The summed E-state index contributed by atoms with van der Waals surface area (Å²) in [5.74, 6) is -0.225. The van der Waals surface area contributed by atoms with Crippen molar-refractivity contribution in [3.63, 3.8) is 0 Å². The first-order valence-electron chi connectivity index (χ1n) is 5.18. The first-order valence-corrected chi connectivity index (χ1v) is 5.18. The van der Waals surface area contributed by atoms with E-state index in [2.05, 4.69) is 5.32 Å². The molecule has 0 spiro atoms. The van der Waals surface area contributed by atoms with Gasteiger partial charge in [-0.25, -0.2) is 0 Å². The largest absolute Gasteiger partial charge is 0.387 e. The molecule has 0 aliphatic heterocycles. The number of carbonyl (C=O) groups excluding carboxylic acids is 1. The average Bonchev–Trinajstić information content (AvgIpc) is 2.35. The number of methoxy groups -OCH3 is 1. The molecule has 2 atom stereocenters. The third kappa shape index (κ3) is 3.64. The highest BCUT2D eigenvalue weighted by Gasteiger charge is 2.13. The van der Waals surface area contributed by atoms with Gasteiger partial charge in [0.25, 0.3) is 0 Å². The molecule has 1 amide bonds. The lowest BCUT2D eigenvalue weighted by Gasteiger charge is -2.14. The normalized spacial score (nSPS) is 14.2. The minimum Gasteiger partial charge on any atom is -0.387 e. The monoisotopic (exact) mass is 223 g/mol. The summed E-state index contributed by atoms with van der Waals surface area (Å²) in [6, 6.07) is 9.20. The number of aliphatic hydroxyl groups is 1. The van der Waals surface area contributed by atoms with E-state index in [4.69, 9.17) is 4.74 Å². The number of hydrogen-bond donors (Lipinski definition) is 2. The van der Waals surface area contributed by atoms with Crippen molar-refractivity contribution < 1.29 is 14.6 Å². The molecule has 1 aromatic rings. The lowest BCUT2D eigenvalue weighted by Crippen LogP contribution is -2.36. The maximum atomic E-state index is 11.4. The highest BCUT2D eigenvalue weighted by Crippen LogP contribution is 2.10. The SMILES string of the molecule is COC(C)C(=O)NCC(O)c1ccccc1.